The predicted octanol–water partition coefficient (Wildman–Crippen LogP) is 1.89. The van der Waals surface area contributed by atoms with Crippen LogP contribution in [0.2, 0.25) is 0 Å². The van der Waals surface area contributed by atoms with Gasteiger partial charge in [-0.15, -0.1) is 0 Å². The van der Waals surface area contributed by atoms with Crippen LogP contribution in [0.1, 0.15) is 11.3 Å². The second-order valence-corrected chi connectivity index (χ2v) is 5.33. The average Bonchev–Trinajstić information content (AvgIpc) is 3.05. The van der Waals surface area contributed by atoms with Gasteiger partial charge in [-0.3, -0.25) is 4.79 Å². The Kier molecular flexibility index (Phi) is 4.00. The summed E-state index contributed by atoms with van der Waals surface area (Å²) < 4.78 is 16.1. The van der Waals surface area contributed by atoms with Crippen molar-refractivity contribution >= 4 is 5.91 Å². The third kappa shape index (κ3) is 2.77. The van der Waals surface area contributed by atoms with Crippen molar-refractivity contribution in [2.24, 2.45) is 5.92 Å². The van der Waals surface area contributed by atoms with Gasteiger partial charge in [0.2, 0.25) is 5.91 Å². The highest BCUT2D eigenvalue weighted by atomic mass is 16.5. The molecule has 116 valence electrons. The molecule has 0 aliphatic carbocycles. The Morgan fingerprint density at radius 1 is 1.45 bits per heavy atom. The van der Waals surface area contributed by atoms with Crippen molar-refractivity contribution in [3.8, 4) is 11.5 Å². The molecule has 1 amide bonds. The highest BCUT2D eigenvalue weighted by Gasteiger charge is 2.30. The van der Waals surface area contributed by atoms with E-state index in [1.165, 1.54) is 0 Å². The fourth-order valence-corrected chi connectivity index (χ4v) is 2.66. The van der Waals surface area contributed by atoms with Crippen LogP contribution >= 0.6 is 0 Å². The number of fused-ring (bicyclic) bond motifs is 1. The number of carbonyl (C=O) groups is 1. The van der Waals surface area contributed by atoms with Gasteiger partial charge in [0.1, 0.15) is 6.61 Å². The Hall–Kier alpha value is -2.50. The Bertz CT molecular complexity index is 654. The lowest BCUT2D eigenvalue weighted by atomic mass is 9.95. The molecule has 1 aliphatic rings. The van der Waals surface area contributed by atoms with Crippen LogP contribution in [0.3, 0.4) is 0 Å². The van der Waals surface area contributed by atoms with Crippen molar-refractivity contribution in [1.29, 1.82) is 0 Å². The van der Waals surface area contributed by atoms with Gasteiger partial charge in [0.25, 0.3) is 0 Å². The van der Waals surface area contributed by atoms with E-state index in [4.69, 9.17) is 14.0 Å². The van der Waals surface area contributed by atoms with Crippen LogP contribution in [-0.4, -0.2) is 36.7 Å². The van der Waals surface area contributed by atoms with Crippen molar-refractivity contribution in [3.05, 3.63) is 41.8 Å². The van der Waals surface area contributed by atoms with Crippen LogP contribution in [0.4, 0.5) is 0 Å². The minimum Gasteiger partial charge on any atom is -0.493 e. The molecule has 1 aromatic heterocycles. The van der Waals surface area contributed by atoms with Crippen LogP contribution in [0.5, 0.6) is 11.5 Å². The molecule has 2 heterocycles. The Balaban J connectivity index is 1.70. The molecule has 6 heteroatoms. The van der Waals surface area contributed by atoms with Gasteiger partial charge in [0.15, 0.2) is 17.3 Å². The van der Waals surface area contributed by atoms with Gasteiger partial charge in [-0.05, 0) is 18.1 Å². The highest BCUT2D eigenvalue weighted by Crippen LogP contribution is 2.36. The number of methoxy groups -OCH3 is 1. The van der Waals surface area contributed by atoms with Gasteiger partial charge in [-0.2, -0.15) is 0 Å². The topological polar surface area (TPSA) is 64.8 Å². The molecule has 1 atom stereocenters. The van der Waals surface area contributed by atoms with E-state index >= 15 is 0 Å². The molecule has 0 saturated heterocycles. The zero-order valence-electron chi connectivity index (χ0n) is 12.6. The van der Waals surface area contributed by atoms with Gasteiger partial charge in [-0.25, -0.2) is 0 Å². The molecule has 0 radical (unpaired) electrons. The molecule has 22 heavy (non-hydrogen) atoms. The maximum absolute atomic E-state index is 12.5. The number of ether oxygens (including phenoxy) is 2. The smallest absolute Gasteiger partial charge is 0.229 e. The van der Waals surface area contributed by atoms with Gasteiger partial charge in [-0.1, -0.05) is 17.3 Å². The number of aromatic nitrogens is 1. The summed E-state index contributed by atoms with van der Waals surface area (Å²) in [6.07, 6.45) is 2.21. The molecule has 1 aromatic carbocycles. The van der Waals surface area contributed by atoms with Crippen LogP contribution < -0.4 is 9.47 Å². The van der Waals surface area contributed by atoms with Crippen molar-refractivity contribution < 1.29 is 18.8 Å². The third-order valence-electron chi connectivity index (χ3n) is 3.79. The molecule has 6 nitrogen and oxygen atoms in total. The van der Waals surface area contributed by atoms with E-state index in [0.717, 1.165) is 11.3 Å². The third-order valence-corrected chi connectivity index (χ3v) is 3.79. The summed E-state index contributed by atoms with van der Waals surface area (Å²) in [5.41, 5.74) is 0.997. The molecule has 2 aromatic rings. The van der Waals surface area contributed by atoms with Crippen LogP contribution in [-0.2, 0) is 17.8 Å². The molecule has 1 aliphatic heterocycles. The first-order chi connectivity index (χ1) is 10.7. The summed E-state index contributed by atoms with van der Waals surface area (Å²) >= 11 is 0. The number of amides is 1. The standard InChI is InChI=1S/C16H18N2O4/c1-18(9-13-6-7-17-22-13)16(19)12-8-11-4-3-5-14(20-2)15(11)21-10-12/h3-7,12H,8-10H2,1-2H3/t12-/m1/s1. The van der Waals surface area contributed by atoms with E-state index in [2.05, 4.69) is 5.16 Å². The summed E-state index contributed by atoms with van der Waals surface area (Å²) in [7, 11) is 3.37. The van der Waals surface area contributed by atoms with Crippen LogP contribution in [0.15, 0.2) is 35.0 Å². The lowest BCUT2D eigenvalue weighted by molar-refractivity contribution is -0.136. The molecule has 3 rings (SSSR count). The fourth-order valence-electron chi connectivity index (χ4n) is 2.66. The number of rotatable bonds is 4. The Morgan fingerprint density at radius 2 is 2.32 bits per heavy atom. The molecule has 0 N–H and O–H groups in total. The predicted molar refractivity (Wildman–Crippen MR) is 78.7 cm³/mol. The number of hydrogen-bond donors (Lipinski definition) is 0. The maximum Gasteiger partial charge on any atom is 0.229 e. The van der Waals surface area contributed by atoms with Gasteiger partial charge < -0.3 is 18.9 Å². The lowest BCUT2D eigenvalue weighted by Gasteiger charge is -2.28. The molecule has 0 unspecified atom stereocenters. The number of hydrogen-bond acceptors (Lipinski definition) is 5. The molecule has 0 spiro atoms. The molecule has 0 saturated carbocycles. The summed E-state index contributed by atoms with van der Waals surface area (Å²) in [5.74, 6) is 1.94. The van der Waals surface area contributed by atoms with Gasteiger partial charge in [0.05, 0.1) is 25.8 Å². The van der Waals surface area contributed by atoms with Gasteiger partial charge >= 0.3 is 0 Å². The van der Waals surface area contributed by atoms with E-state index < -0.39 is 0 Å². The van der Waals surface area contributed by atoms with Crippen LogP contribution in [0, 0.1) is 5.92 Å². The molecular formula is C16H18N2O4. The van der Waals surface area contributed by atoms with E-state index in [-0.39, 0.29) is 11.8 Å². The first-order valence-corrected chi connectivity index (χ1v) is 7.12. The zero-order valence-corrected chi connectivity index (χ0v) is 12.6. The van der Waals surface area contributed by atoms with Crippen molar-refractivity contribution in [2.45, 2.75) is 13.0 Å². The second kappa shape index (κ2) is 6.09. The SMILES string of the molecule is COc1cccc2c1OC[C@H](C(=O)N(C)Cc1ccno1)C2. The zero-order chi connectivity index (χ0) is 15.5. The molecular weight excluding hydrogens is 284 g/mol. The maximum atomic E-state index is 12.5. The first kappa shape index (κ1) is 14.4. The number of benzene rings is 1. The van der Waals surface area contributed by atoms with E-state index in [9.17, 15) is 4.79 Å². The summed E-state index contributed by atoms with van der Waals surface area (Å²) in [6, 6.07) is 7.48. The highest BCUT2D eigenvalue weighted by molar-refractivity contribution is 5.79. The molecule has 0 bridgehead atoms. The Morgan fingerprint density at radius 3 is 3.05 bits per heavy atom. The minimum absolute atomic E-state index is 0.0323. The van der Waals surface area contributed by atoms with Crippen LogP contribution in [0.25, 0.3) is 0 Å². The Labute approximate surface area is 128 Å². The van der Waals surface area contributed by atoms with Gasteiger partial charge in [0, 0.05) is 13.1 Å². The van der Waals surface area contributed by atoms with Crippen molar-refractivity contribution in [1.82, 2.24) is 10.1 Å². The normalized spacial score (nSPS) is 16.5. The van der Waals surface area contributed by atoms with Crippen molar-refractivity contribution in [3.63, 3.8) is 0 Å². The summed E-state index contributed by atoms with van der Waals surface area (Å²) in [6.45, 7) is 0.757. The second-order valence-electron chi connectivity index (χ2n) is 5.33. The van der Waals surface area contributed by atoms with E-state index in [1.807, 2.05) is 18.2 Å². The summed E-state index contributed by atoms with van der Waals surface area (Å²) in [4.78, 5) is 14.2. The number of carbonyl (C=O) groups excluding carboxylic acids is 1. The monoisotopic (exact) mass is 302 g/mol. The van der Waals surface area contributed by atoms with Crippen molar-refractivity contribution in [2.75, 3.05) is 20.8 Å². The fraction of sp³-hybridized carbons (Fsp3) is 0.375. The van der Waals surface area contributed by atoms with E-state index in [0.29, 0.717) is 31.1 Å². The summed E-state index contributed by atoms with van der Waals surface area (Å²) in [5, 5.41) is 3.64. The first-order valence-electron chi connectivity index (χ1n) is 7.12. The number of nitrogens with zero attached hydrogens (tertiary/aromatic N) is 2. The lowest BCUT2D eigenvalue weighted by Crippen LogP contribution is -2.38. The number of para-hydroxylation sites is 1. The van der Waals surface area contributed by atoms with E-state index in [1.54, 1.807) is 31.3 Å². The molecule has 0 fully saturated rings. The largest absolute Gasteiger partial charge is 0.493 e. The minimum atomic E-state index is -0.201. The average molecular weight is 302 g/mol. The quantitative estimate of drug-likeness (QED) is 0.863.